The first-order chi connectivity index (χ1) is 7.31. The van der Waals surface area contributed by atoms with Crippen LogP contribution in [0.15, 0.2) is 0 Å². The predicted molar refractivity (Wildman–Crippen MR) is 71.3 cm³/mol. The summed E-state index contributed by atoms with van der Waals surface area (Å²) in [6.07, 6.45) is 4.18. The molecule has 1 N–H and O–H groups in total. The van der Waals surface area contributed by atoms with Crippen molar-refractivity contribution in [2.75, 3.05) is 5.33 Å². The van der Waals surface area contributed by atoms with Crippen LogP contribution in [0.2, 0.25) is 0 Å². The molecule has 2 unspecified atom stereocenters. The Hall–Kier alpha value is 0.390. The molecule has 1 saturated carbocycles. The third kappa shape index (κ3) is 3.44. The van der Waals surface area contributed by atoms with Crippen LogP contribution in [0.5, 0.6) is 0 Å². The van der Waals surface area contributed by atoms with Crippen molar-refractivity contribution >= 4 is 26.0 Å². The summed E-state index contributed by atoms with van der Waals surface area (Å²) in [7, 11) is -3.17. The lowest BCUT2D eigenvalue weighted by Gasteiger charge is -2.39. The average Bonchev–Trinajstić information content (AvgIpc) is 2.16. The highest BCUT2D eigenvalue weighted by Crippen LogP contribution is 2.34. The largest absolute Gasteiger partial charge is 0.214 e. The van der Waals surface area contributed by atoms with E-state index in [2.05, 4.69) is 27.6 Å². The molecule has 1 rings (SSSR count). The molecule has 16 heavy (non-hydrogen) atoms. The van der Waals surface area contributed by atoms with Gasteiger partial charge in [-0.3, -0.25) is 0 Å². The molecule has 0 aliphatic heterocycles. The van der Waals surface area contributed by atoms with Crippen LogP contribution in [0, 0.1) is 5.92 Å². The molecule has 2 atom stereocenters. The van der Waals surface area contributed by atoms with Gasteiger partial charge in [-0.05, 0) is 32.6 Å². The summed E-state index contributed by atoms with van der Waals surface area (Å²) in [5.41, 5.74) is -0.263. The van der Waals surface area contributed by atoms with Crippen LogP contribution in [0.3, 0.4) is 0 Å². The Morgan fingerprint density at radius 3 is 2.56 bits per heavy atom. The summed E-state index contributed by atoms with van der Waals surface area (Å²) in [5, 5.41) is 0.344. The predicted octanol–water partition coefficient (Wildman–Crippen LogP) is 2.66. The minimum atomic E-state index is -3.17. The minimum Gasteiger partial charge on any atom is -0.212 e. The lowest BCUT2D eigenvalue weighted by molar-refractivity contribution is 0.241. The molecule has 0 spiro atoms. The molecule has 1 aliphatic rings. The van der Waals surface area contributed by atoms with Gasteiger partial charge in [-0.1, -0.05) is 35.7 Å². The molecule has 0 radical (unpaired) electrons. The van der Waals surface area contributed by atoms with Gasteiger partial charge >= 0.3 is 0 Å². The fourth-order valence-electron chi connectivity index (χ4n) is 2.32. The van der Waals surface area contributed by atoms with E-state index in [4.69, 9.17) is 0 Å². The second kappa shape index (κ2) is 5.36. The van der Waals surface area contributed by atoms with E-state index in [-0.39, 0.29) is 10.8 Å². The Morgan fingerprint density at radius 2 is 2.12 bits per heavy atom. The minimum absolute atomic E-state index is 0.263. The third-order valence-corrected chi connectivity index (χ3v) is 6.36. The molecule has 0 saturated heterocycles. The topological polar surface area (TPSA) is 46.2 Å². The van der Waals surface area contributed by atoms with Crippen molar-refractivity contribution in [2.45, 2.75) is 57.2 Å². The van der Waals surface area contributed by atoms with Gasteiger partial charge in [0.1, 0.15) is 0 Å². The Balaban J connectivity index is 2.82. The smallest absolute Gasteiger partial charge is 0.212 e. The van der Waals surface area contributed by atoms with E-state index in [1.165, 1.54) is 6.42 Å². The van der Waals surface area contributed by atoms with Gasteiger partial charge < -0.3 is 0 Å². The molecule has 0 aromatic heterocycles. The molecule has 5 heteroatoms. The summed E-state index contributed by atoms with van der Waals surface area (Å²) >= 11 is 3.47. The molecule has 0 amide bonds. The Bertz CT molecular complexity index is 329. The van der Waals surface area contributed by atoms with Gasteiger partial charge in [0, 0.05) is 10.9 Å². The lowest BCUT2D eigenvalue weighted by Crippen LogP contribution is -2.54. The highest BCUT2D eigenvalue weighted by Gasteiger charge is 2.38. The number of nitrogens with one attached hydrogen (secondary N) is 1. The van der Waals surface area contributed by atoms with Crippen molar-refractivity contribution in [3.63, 3.8) is 0 Å². The van der Waals surface area contributed by atoms with Crippen LogP contribution in [0.4, 0.5) is 0 Å². The summed E-state index contributed by atoms with van der Waals surface area (Å²) in [6.45, 7) is 5.63. The van der Waals surface area contributed by atoms with E-state index in [1.54, 1.807) is 13.8 Å². The zero-order valence-corrected chi connectivity index (χ0v) is 12.7. The molecule has 3 nitrogen and oxygen atoms in total. The lowest BCUT2D eigenvalue weighted by atomic mass is 9.78. The standard InChI is InChI=1S/C11H22BrNO2S/c1-9(2)16(14,15)13-11(8-12)6-4-5-10(3)7-11/h9-10,13H,4-8H2,1-3H3. The summed E-state index contributed by atoms with van der Waals surface area (Å²) in [5.74, 6) is 0.598. The number of alkyl halides is 1. The third-order valence-electron chi connectivity index (χ3n) is 3.33. The van der Waals surface area contributed by atoms with Gasteiger partial charge in [-0.15, -0.1) is 0 Å². The quantitative estimate of drug-likeness (QED) is 0.811. The number of rotatable bonds is 4. The van der Waals surface area contributed by atoms with Crippen LogP contribution in [0.1, 0.15) is 46.5 Å². The van der Waals surface area contributed by atoms with Crippen molar-refractivity contribution in [3.05, 3.63) is 0 Å². The van der Waals surface area contributed by atoms with Crippen LogP contribution in [-0.2, 0) is 10.0 Å². The fourth-order valence-corrected chi connectivity index (χ4v) is 4.25. The maximum atomic E-state index is 11.9. The first kappa shape index (κ1) is 14.5. The molecule has 0 bridgehead atoms. The second-order valence-electron chi connectivity index (χ2n) is 5.31. The van der Waals surface area contributed by atoms with Crippen molar-refractivity contribution in [1.29, 1.82) is 0 Å². The summed E-state index contributed by atoms with van der Waals surface area (Å²) in [4.78, 5) is 0. The molecule has 0 heterocycles. The molecule has 96 valence electrons. The number of hydrogen-bond acceptors (Lipinski definition) is 2. The fraction of sp³-hybridized carbons (Fsp3) is 1.00. The van der Waals surface area contributed by atoms with Gasteiger partial charge in [-0.25, -0.2) is 13.1 Å². The monoisotopic (exact) mass is 311 g/mol. The Morgan fingerprint density at radius 1 is 1.50 bits per heavy atom. The zero-order valence-electron chi connectivity index (χ0n) is 10.3. The van der Waals surface area contributed by atoms with E-state index in [0.717, 1.165) is 19.3 Å². The molecular weight excluding hydrogens is 290 g/mol. The molecular formula is C11H22BrNO2S. The van der Waals surface area contributed by atoms with Crippen LogP contribution >= 0.6 is 15.9 Å². The van der Waals surface area contributed by atoms with Gasteiger partial charge in [0.2, 0.25) is 10.0 Å². The summed E-state index contributed by atoms with van der Waals surface area (Å²) in [6, 6.07) is 0. The molecule has 1 aliphatic carbocycles. The maximum Gasteiger partial charge on any atom is 0.214 e. The van der Waals surface area contributed by atoms with Crippen LogP contribution in [0.25, 0.3) is 0 Å². The van der Waals surface area contributed by atoms with Gasteiger partial charge in [-0.2, -0.15) is 0 Å². The highest BCUT2D eigenvalue weighted by molar-refractivity contribution is 9.09. The van der Waals surface area contributed by atoms with E-state index in [9.17, 15) is 8.42 Å². The number of hydrogen-bond donors (Lipinski definition) is 1. The van der Waals surface area contributed by atoms with Gasteiger partial charge in [0.25, 0.3) is 0 Å². The SMILES string of the molecule is CC1CCCC(CBr)(NS(=O)(=O)C(C)C)C1. The number of sulfonamides is 1. The first-order valence-electron chi connectivity index (χ1n) is 5.90. The summed E-state index contributed by atoms with van der Waals surface area (Å²) < 4.78 is 26.8. The highest BCUT2D eigenvalue weighted by atomic mass is 79.9. The van der Waals surface area contributed by atoms with Crippen molar-refractivity contribution in [1.82, 2.24) is 4.72 Å². The molecule has 0 aromatic rings. The van der Waals surface area contributed by atoms with E-state index in [1.807, 2.05) is 0 Å². The van der Waals surface area contributed by atoms with E-state index in [0.29, 0.717) is 11.2 Å². The molecule has 0 aromatic carbocycles. The first-order valence-corrected chi connectivity index (χ1v) is 8.57. The van der Waals surface area contributed by atoms with Crippen LogP contribution in [-0.4, -0.2) is 24.5 Å². The number of halogens is 1. The Kier molecular flexibility index (Phi) is 4.84. The van der Waals surface area contributed by atoms with Crippen LogP contribution < -0.4 is 4.72 Å². The van der Waals surface area contributed by atoms with Crippen molar-refractivity contribution < 1.29 is 8.42 Å². The van der Waals surface area contributed by atoms with E-state index < -0.39 is 10.0 Å². The maximum absolute atomic E-state index is 11.9. The van der Waals surface area contributed by atoms with Gasteiger partial charge in [0.15, 0.2) is 0 Å². The van der Waals surface area contributed by atoms with Gasteiger partial charge in [0.05, 0.1) is 5.25 Å². The molecule has 1 fully saturated rings. The second-order valence-corrected chi connectivity index (χ2v) is 8.11. The average molecular weight is 312 g/mol. The normalized spacial score (nSPS) is 31.9. The van der Waals surface area contributed by atoms with E-state index >= 15 is 0 Å². The Labute approximate surface area is 108 Å². The van der Waals surface area contributed by atoms with Crippen molar-refractivity contribution in [2.24, 2.45) is 5.92 Å². The zero-order chi connectivity index (χ0) is 12.4. The van der Waals surface area contributed by atoms with Crippen molar-refractivity contribution in [3.8, 4) is 0 Å².